The van der Waals surface area contributed by atoms with Crippen LogP contribution in [-0.2, 0) is 0 Å². The zero-order valence-corrected chi connectivity index (χ0v) is 8.75. The Morgan fingerprint density at radius 3 is 1.42 bits per heavy atom. The largest absolute Gasteiger partial charge is 0.329 e. The van der Waals surface area contributed by atoms with Gasteiger partial charge in [0.2, 0.25) is 0 Å². The Kier molecular flexibility index (Phi) is 10.7. The van der Waals surface area contributed by atoms with Gasteiger partial charge in [0.1, 0.15) is 0 Å². The molecule has 0 radical (unpaired) electrons. The third-order valence-corrected chi connectivity index (χ3v) is 1.02. The van der Waals surface area contributed by atoms with Gasteiger partial charge in [-0.2, -0.15) is 0 Å². The SMILES string of the molecule is CC(N)CN.CC(N)CN(C)C. The zero-order chi connectivity index (χ0) is 10.1. The maximum Gasteiger partial charge on any atom is 0.0138 e. The van der Waals surface area contributed by atoms with Crippen molar-refractivity contribution in [1.82, 2.24) is 4.90 Å². The van der Waals surface area contributed by atoms with Gasteiger partial charge < -0.3 is 22.1 Å². The molecule has 0 aliphatic rings. The lowest BCUT2D eigenvalue weighted by Gasteiger charge is -2.11. The first-order chi connectivity index (χ1) is 5.40. The molecule has 0 heterocycles. The molecule has 0 rings (SSSR count). The van der Waals surface area contributed by atoms with E-state index in [4.69, 9.17) is 17.2 Å². The first kappa shape index (κ1) is 14.4. The van der Waals surface area contributed by atoms with E-state index in [2.05, 4.69) is 4.90 Å². The molecule has 0 aliphatic heterocycles. The second-order valence-electron chi connectivity index (χ2n) is 3.45. The van der Waals surface area contributed by atoms with Gasteiger partial charge in [-0.05, 0) is 27.9 Å². The summed E-state index contributed by atoms with van der Waals surface area (Å²) in [6.07, 6.45) is 0. The highest BCUT2D eigenvalue weighted by Crippen LogP contribution is 1.76. The third kappa shape index (κ3) is 22.5. The van der Waals surface area contributed by atoms with E-state index in [-0.39, 0.29) is 6.04 Å². The Hall–Kier alpha value is -0.160. The number of nitrogens with zero attached hydrogens (tertiary/aromatic N) is 1. The summed E-state index contributed by atoms with van der Waals surface area (Å²) in [5, 5.41) is 0. The molecule has 6 N–H and O–H groups in total. The number of hydrogen-bond donors (Lipinski definition) is 3. The highest BCUT2D eigenvalue weighted by Gasteiger charge is 1.92. The Balaban J connectivity index is 0. The van der Waals surface area contributed by atoms with Gasteiger partial charge in [-0.25, -0.2) is 0 Å². The molecule has 0 aromatic heterocycles. The summed E-state index contributed by atoms with van der Waals surface area (Å²) >= 11 is 0. The molecule has 2 unspecified atom stereocenters. The number of nitrogens with two attached hydrogens (primary N) is 3. The summed E-state index contributed by atoms with van der Waals surface area (Å²) in [6, 6.07) is 0.463. The van der Waals surface area contributed by atoms with Crippen molar-refractivity contribution >= 4 is 0 Å². The molecule has 0 bridgehead atoms. The highest BCUT2D eigenvalue weighted by atomic mass is 15.1. The monoisotopic (exact) mass is 176 g/mol. The van der Waals surface area contributed by atoms with Crippen molar-refractivity contribution in [3.63, 3.8) is 0 Å². The van der Waals surface area contributed by atoms with Crippen LogP contribution in [0.4, 0.5) is 0 Å². The van der Waals surface area contributed by atoms with E-state index in [1.165, 1.54) is 0 Å². The number of hydrogen-bond acceptors (Lipinski definition) is 4. The van der Waals surface area contributed by atoms with Crippen LogP contribution in [0.15, 0.2) is 0 Å². The first-order valence-electron chi connectivity index (χ1n) is 4.26. The summed E-state index contributed by atoms with van der Waals surface area (Å²) in [6.45, 7) is 5.43. The van der Waals surface area contributed by atoms with Crippen LogP contribution >= 0.6 is 0 Å². The quantitative estimate of drug-likeness (QED) is 0.525. The lowest BCUT2D eigenvalue weighted by atomic mass is 10.3. The van der Waals surface area contributed by atoms with Gasteiger partial charge in [0.05, 0.1) is 0 Å². The summed E-state index contributed by atoms with van der Waals surface area (Å²) in [7, 11) is 4.03. The van der Waals surface area contributed by atoms with E-state index >= 15 is 0 Å². The van der Waals surface area contributed by atoms with Crippen LogP contribution in [0.3, 0.4) is 0 Å². The average Bonchev–Trinajstić information content (AvgIpc) is 1.85. The van der Waals surface area contributed by atoms with Crippen LogP contribution < -0.4 is 17.2 Å². The van der Waals surface area contributed by atoms with Gasteiger partial charge in [-0.15, -0.1) is 0 Å². The maximum absolute atomic E-state index is 5.45. The predicted molar refractivity (Wildman–Crippen MR) is 54.9 cm³/mol. The van der Waals surface area contributed by atoms with Crippen molar-refractivity contribution in [1.29, 1.82) is 0 Å². The summed E-state index contributed by atoms with van der Waals surface area (Å²) in [5.74, 6) is 0. The van der Waals surface area contributed by atoms with Crippen molar-refractivity contribution in [3.05, 3.63) is 0 Å². The molecule has 0 aliphatic carbocycles. The van der Waals surface area contributed by atoms with E-state index in [1.54, 1.807) is 0 Å². The van der Waals surface area contributed by atoms with E-state index in [0.717, 1.165) is 6.54 Å². The Bertz CT molecular complexity index is 75.1. The van der Waals surface area contributed by atoms with Crippen LogP contribution in [0.1, 0.15) is 13.8 Å². The Labute approximate surface area is 76.1 Å². The van der Waals surface area contributed by atoms with Gasteiger partial charge in [0, 0.05) is 25.2 Å². The molecular weight excluding hydrogens is 152 g/mol. The molecule has 0 fully saturated rings. The lowest BCUT2D eigenvalue weighted by molar-refractivity contribution is 0.383. The van der Waals surface area contributed by atoms with Crippen LogP contribution in [-0.4, -0.2) is 44.2 Å². The van der Waals surface area contributed by atoms with Crippen LogP contribution in [0.5, 0.6) is 0 Å². The minimum Gasteiger partial charge on any atom is -0.329 e. The first-order valence-corrected chi connectivity index (χ1v) is 4.26. The van der Waals surface area contributed by atoms with Gasteiger partial charge in [0.15, 0.2) is 0 Å². The van der Waals surface area contributed by atoms with Crippen LogP contribution in [0, 0.1) is 0 Å². The molecule has 4 heteroatoms. The third-order valence-electron chi connectivity index (χ3n) is 1.02. The molecule has 0 spiro atoms. The van der Waals surface area contributed by atoms with E-state index < -0.39 is 0 Å². The Morgan fingerprint density at radius 2 is 1.42 bits per heavy atom. The molecule has 2 atom stereocenters. The van der Waals surface area contributed by atoms with Crippen molar-refractivity contribution in [3.8, 4) is 0 Å². The highest BCUT2D eigenvalue weighted by molar-refractivity contribution is 4.54. The molecule has 0 amide bonds. The summed E-state index contributed by atoms with van der Waals surface area (Å²) in [5.41, 5.74) is 15.7. The second-order valence-corrected chi connectivity index (χ2v) is 3.45. The van der Waals surface area contributed by atoms with Crippen molar-refractivity contribution in [2.45, 2.75) is 25.9 Å². The predicted octanol–water partition coefficient (Wildman–Crippen LogP) is -0.812. The van der Waals surface area contributed by atoms with Gasteiger partial charge in [0.25, 0.3) is 0 Å². The number of rotatable bonds is 3. The van der Waals surface area contributed by atoms with E-state index in [9.17, 15) is 0 Å². The van der Waals surface area contributed by atoms with Crippen molar-refractivity contribution < 1.29 is 0 Å². The van der Waals surface area contributed by atoms with Crippen LogP contribution in [0.2, 0.25) is 0 Å². The van der Waals surface area contributed by atoms with Crippen LogP contribution in [0.25, 0.3) is 0 Å². The fraction of sp³-hybridized carbons (Fsp3) is 1.00. The van der Waals surface area contributed by atoms with Crippen molar-refractivity contribution in [2.75, 3.05) is 27.2 Å². The smallest absolute Gasteiger partial charge is 0.0138 e. The minimum absolute atomic E-state index is 0.162. The zero-order valence-electron chi connectivity index (χ0n) is 8.75. The van der Waals surface area contributed by atoms with E-state index in [1.807, 2.05) is 27.9 Å². The molecule has 0 saturated heterocycles. The summed E-state index contributed by atoms with van der Waals surface area (Å²) < 4.78 is 0. The molecule has 4 nitrogen and oxygen atoms in total. The second kappa shape index (κ2) is 8.93. The maximum atomic E-state index is 5.45. The fourth-order valence-electron chi connectivity index (χ4n) is 0.576. The standard InChI is InChI=1S/C5H14N2.C3H10N2/c1-5(6)4-7(2)3;1-3(5)2-4/h5H,4,6H2,1-3H3;3H,2,4-5H2,1H3. The molecular formula is C8H24N4. The van der Waals surface area contributed by atoms with Gasteiger partial charge >= 0.3 is 0 Å². The molecule has 76 valence electrons. The average molecular weight is 176 g/mol. The molecule has 12 heavy (non-hydrogen) atoms. The fourth-order valence-corrected chi connectivity index (χ4v) is 0.576. The van der Waals surface area contributed by atoms with Crippen molar-refractivity contribution in [2.24, 2.45) is 17.2 Å². The minimum atomic E-state index is 0.162. The molecule has 0 aromatic rings. The number of likely N-dealkylation sites (N-methyl/N-ethyl adjacent to an activating group) is 1. The molecule has 0 saturated carbocycles. The summed E-state index contributed by atoms with van der Waals surface area (Å²) in [4.78, 5) is 2.07. The normalized spacial score (nSPS) is 15.0. The molecule has 0 aromatic carbocycles. The van der Waals surface area contributed by atoms with E-state index in [0.29, 0.717) is 12.6 Å². The lowest BCUT2D eigenvalue weighted by Crippen LogP contribution is -2.29. The topological polar surface area (TPSA) is 81.3 Å². The Morgan fingerprint density at radius 1 is 1.08 bits per heavy atom. The van der Waals surface area contributed by atoms with Gasteiger partial charge in [-0.3, -0.25) is 0 Å². The van der Waals surface area contributed by atoms with Gasteiger partial charge in [-0.1, -0.05) is 0 Å².